The zero-order valence-corrected chi connectivity index (χ0v) is 7.76. The van der Waals surface area contributed by atoms with E-state index in [1.807, 2.05) is 13.8 Å². The highest BCUT2D eigenvalue weighted by Gasteiger charge is 1.93. The number of unbranched alkanes of at least 4 members (excludes halogenated alkanes) is 1. The Kier molecular flexibility index (Phi) is 6.38. The lowest BCUT2D eigenvalue weighted by Gasteiger charge is -2.00. The molecule has 0 aromatic heterocycles. The molecule has 12 heavy (non-hydrogen) atoms. The van der Waals surface area contributed by atoms with Crippen LogP contribution in [0, 0.1) is 0 Å². The maximum Gasteiger partial charge on any atom is 0.243 e. The number of rotatable bonds is 5. The topological polar surface area (TPSA) is 49.3 Å². The fourth-order valence-corrected chi connectivity index (χ4v) is 0.762. The van der Waals surface area contributed by atoms with E-state index in [0.717, 1.165) is 18.4 Å². The minimum Gasteiger partial charge on any atom is -0.396 e. The van der Waals surface area contributed by atoms with Crippen LogP contribution < -0.4 is 5.32 Å². The normalized spacial score (nSPS) is 9.25. The van der Waals surface area contributed by atoms with E-state index >= 15 is 0 Å². The molecular formula is C9H17NO2. The van der Waals surface area contributed by atoms with Crippen molar-refractivity contribution < 1.29 is 9.90 Å². The van der Waals surface area contributed by atoms with E-state index < -0.39 is 0 Å². The van der Waals surface area contributed by atoms with Crippen molar-refractivity contribution in [2.24, 2.45) is 0 Å². The SMILES string of the molecule is CC(C)=CC(=O)NCCCCO. The van der Waals surface area contributed by atoms with E-state index in [4.69, 9.17) is 5.11 Å². The van der Waals surface area contributed by atoms with Gasteiger partial charge in [-0.2, -0.15) is 0 Å². The van der Waals surface area contributed by atoms with Crippen LogP contribution in [0.15, 0.2) is 11.6 Å². The van der Waals surface area contributed by atoms with Crippen molar-refractivity contribution in [3.8, 4) is 0 Å². The Morgan fingerprint density at radius 2 is 2.08 bits per heavy atom. The molecule has 0 aromatic carbocycles. The Balaban J connectivity index is 3.39. The number of allylic oxidation sites excluding steroid dienone is 1. The average molecular weight is 171 g/mol. The molecule has 0 saturated carbocycles. The van der Waals surface area contributed by atoms with Gasteiger partial charge in [0.1, 0.15) is 0 Å². The van der Waals surface area contributed by atoms with Gasteiger partial charge in [-0.25, -0.2) is 0 Å². The highest BCUT2D eigenvalue weighted by Crippen LogP contribution is 1.88. The Bertz CT molecular complexity index is 160. The monoisotopic (exact) mass is 171 g/mol. The average Bonchev–Trinajstić information content (AvgIpc) is 1.97. The van der Waals surface area contributed by atoms with Crippen LogP contribution >= 0.6 is 0 Å². The van der Waals surface area contributed by atoms with Crippen molar-refractivity contribution in [2.75, 3.05) is 13.2 Å². The number of hydrogen-bond donors (Lipinski definition) is 2. The molecule has 0 aliphatic carbocycles. The molecule has 3 heteroatoms. The lowest BCUT2D eigenvalue weighted by atomic mass is 10.3. The van der Waals surface area contributed by atoms with Crippen molar-refractivity contribution in [1.82, 2.24) is 5.32 Å². The van der Waals surface area contributed by atoms with Crippen molar-refractivity contribution in [3.63, 3.8) is 0 Å². The molecule has 0 unspecified atom stereocenters. The number of amides is 1. The zero-order valence-electron chi connectivity index (χ0n) is 7.76. The van der Waals surface area contributed by atoms with Crippen molar-refractivity contribution in [2.45, 2.75) is 26.7 Å². The lowest BCUT2D eigenvalue weighted by Crippen LogP contribution is -2.22. The van der Waals surface area contributed by atoms with Crippen LogP contribution in [0.2, 0.25) is 0 Å². The zero-order chi connectivity index (χ0) is 9.40. The molecule has 3 nitrogen and oxygen atoms in total. The summed E-state index contributed by atoms with van der Waals surface area (Å²) in [5, 5.41) is 11.2. The van der Waals surface area contributed by atoms with E-state index in [9.17, 15) is 4.79 Å². The fourth-order valence-electron chi connectivity index (χ4n) is 0.762. The molecule has 0 rings (SSSR count). The lowest BCUT2D eigenvalue weighted by molar-refractivity contribution is -0.116. The summed E-state index contributed by atoms with van der Waals surface area (Å²) in [5.74, 6) is -0.0482. The first-order valence-corrected chi connectivity index (χ1v) is 4.20. The molecule has 0 saturated heterocycles. The van der Waals surface area contributed by atoms with Gasteiger partial charge in [-0.05, 0) is 26.7 Å². The second kappa shape index (κ2) is 6.85. The standard InChI is InChI=1S/C9H17NO2/c1-8(2)7-9(12)10-5-3-4-6-11/h7,11H,3-6H2,1-2H3,(H,10,12). The number of aliphatic hydroxyl groups excluding tert-OH is 1. The van der Waals surface area contributed by atoms with Crippen LogP contribution in [0.5, 0.6) is 0 Å². The third-order valence-electron chi connectivity index (χ3n) is 1.30. The van der Waals surface area contributed by atoms with Gasteiger partial charge in [0.25, 0.3) is 0 Å². The Morgan fingerprint density at radius 3 is 2.58 bits per heavy atom. The number of aliphatic hydroxyl groups is 1. The summed E-state index contributed by atoms with van der Waals surface area (Å²) >= 11 is 0. The molecule has 0 spiro atoms. The highest BCUT2D eigenvalue weighted by molar-refractivity contribution is 5.87. The Morgan fingerprint density at radius 1 is 1.42 bits per heavy atom. The van der Waals surface area contributed by atoms with Crippen molar-refractivity contribution in [1.29, 1.82) is 0 Å². The molecule has 0 aliphatic rings. The predicted octanol–water partition coefficient (Wildman–Crippen LogP) is 0.841. The molecule has 1 amide bonds. The minimum atomic E-state index is -0.0482. The fraction of sp³-hybridized carbons (Fsp3) is 0.667. The van der Waals surface area contributed by atoms with Gasteiger partial charge in [-0.15, -0.1) is 0 Å². The first-order chi connectivity index (χ1) is 5.66. The van der Waals surface area contributed by atoms with Crippen LogP contribution in [0.1, 0.15) is 26.7 Å². The van der Waals surface area contributed by atoms with Crippen LogP contribution in [-0.2, 0) is 4.79 Å². The van der Waals surface area contributed by atoms with Gasteiger partial charge in [0.15, 0.2) is 0 Å². The third-order valence-corrected chi connectivity index (χ3v) is 1.30. The number of hydrogen-bond acceptors (Lipinski definition) is 2. The van der Waals surface area contributed by atoms with E-state index in [-0.39, 0.29) is 12.5 Å². The maximum atomic E-state index is 11.0. The van der Waals surface area contributed by atoms with Crippen LogP contribution in [-0.4, -0.2) is 24.2 Å². The smallest absolute Gasteiger partial charge is 0.243 e. The van der Waals surface area contributed by atoms with Crippen molar-refractivity contribution >= 4 is 5.91 Å². The Hall–Kier alpha value is -0.830. The maximum absolute atomic E-state index is 11.0. The van der Waals surface area contributed by atoms with E-state index in [0.29, 0.717) is 6.54 Å². The molecule has 0 aromatic rings. The van der Waals surface area contributed by atoms with E-state index in [2.05, 4.69) is 5.32 Å². The quantitative estimate of drug-likeness (QED) is 0.475. The largest absolute Gasteiger partial charge is 0.396 e. The summed E-state index contributed by atoms with van der Waals surface area (Å²) in [4.78, 5) is 11.0. The third kappa shape index (κ3) is 7.28. The first kappa shape index (κ1) is 11.2. The molecule has 0 aliphatic heterocycles. The summed E-state index contributed by atoms with van der Waals surface area (Å²) in [6.07, 6.45) is 3.15. The van der Waals surface area contributed by atoms with Crippen LogP contribution in [0.3, 0.4) is 0 Å². The highest BCUT2D eigenvalue weighted by atomic mass is 16.2. The van der Waals surface area contributed by atoms with Gasteiger partial charge in [0, 0.05) is 19.2 Å². The van der Waals surface area contributed by atoms with Gasteiger partial charge in [-0.1, -0.05) is 5.57 Å². The summed E-state index contributed by atoms with van der Waals surface area (Å²) in [6, 6.07) is 0. The van der Waals surface area contributed by atoms with Gasteiger partial charge in [-0.3, -0.25) is 4.79 Å². The molecule has 0 atom stereocenters. The van der Waals surface area contributed by atoms with Gasteiger partial charge in [0.2, 0.25) is 5.91 Å². The van der Waals surface area contributed by atoms with Crippen LogP contribution in [0.25, 0.3) is 0 Å². The molecule has 0 bridgehead atoms. The molecule has 2 N–H and O–H groups in total. The summed E-state index contributed by atoms with van der Waals surface area (Å²) < 4.78 is 0. The molecule has 0 heterocycles. The van der Waals surface area contributed by atoms with Gasteiger partial charge >= 0.3 is 0 Å². The van der Waals surface area contributed by atoms with Gasteiger partial charge in [0.05, 0.1) is 0 Å². The van der Waals surface area contributed by atoms with Gasteiger partial charge < -0.3 is 10.4 Å². The number of carbonyl (C=O) groups excluding carboxylic acids is 1. The second-order valence-corrected chi connectivity index (χ2v) is 2.94. The van der Waals surface area contributed by atoms with E-state index in [1.54, 1.807) is 6.08 Å². The molecule has 70 valence electrons. The van der Waals surface area contributed by atoms with Crippen molar-refractivity contribution in [3.05, 3.63) is 11.6 Å². The molecule has 0 radical (unpaired) electrons. The van der Waals surface area contributed by atoms with E-state index in [1.165, 1.54) is 0 Å². The summed E-state index contributed by atoms with van der Waals surface area (Å²) in [7, 11) is 0. The summed E-state index contributed by atoms with van der Waals surface area (Å²) in [6.45, 7) is 4.60. The number of nitrogens with one attached hydrogen (secondary N) is 1. The molecular weight excluding hydrogens is 154 g/mol. The number of carbonyl (C=O) groups is 1. The minimum absolute atomic E-state index is 0.0482. The van der Waals surface area contributed by atoms with Crippen LogP contribution in [0.4, 0.5) is 0 Å². The summed E-state index contributed by atoms with van der Waals surface area (Å²) in [5.41, 5.74) is 0.995. The second-order valence-electron chi connectivity index (χ2n) is 2.94. The molecule has 0 fully saturated rings. The Labute approximate surface area is 73.5 Å². The first-order valence-electron chi connectivity index (χ1n) is 4.20. The predicted molar refractivity (Wildman–Crippen MR) is 48.8 cm³/mol.